The third kappa shape index (κ3) is 3.27. The summed E-state index contributed by atoms with van der Waals surface area (Å²) in [5.41, 5.74) is 7.24. The number of nitriles is 1. The monoisotopic (exact) mass is 422 g/mol. The molecule has 4 rings (SSSR count). The predicted octanol–water partition coefficient (Wildman–Crippen LogP) is 5.35. The molecule has 0 aliphatic rings. The molecule has 0 unspecified atom stereocenters. The van der Waals surface area contributed by atoms with Gasteiger partial charge in [0, 0.05) is 18.0 Å². The van der Waals surface area contributed by atoms with E-state index >= 15 is 0 Å². The van der Waals surface area contributed by atoms with Crippen molar-refractivity contribution in [2.24, 2.45) is 0 Å². The summed E-state index contributed by atoms with van der Waals surface area (Å²) in [5.74, 6) is 0.508. The number of nitrogen functional groups attached to an aromatic ring is 1. The Hall–Kier alpha value is -3.53. The summed E-state index contributed by atoms with van der Waals surface area (Å²) < 4.78 is 5.74. The van der Waals surface area contributed by atoms with Gasteiger partial charge >= 0.3 is 0 Å². The van der Waals surface area contributed by atoms with E-state index in [2.05, 4.69) is 9.97 Å². The number of anilines is 1. The third-order valence-electron chi connectivity index (χ3n) is 4.37. The number of ketones is 1. The van der Waals surface area contributed by atoms with Gasteiger partial charge in [-0.1, -0.05) is 41.4 Å². The van der Waals surface area contributed by atoms with Crippen LogP contribution in [0, 0.1) is 11.3 Å². The number of aromatic amines is 1. The van der Waals surface area contributed by atoms with E-state index in [0.29, 0.717) is 22.5 Å². The molecule has 3 N–H and O–H groups in total. The molecule has 0 fully saturated rings. The second-order valence-electron chi connectivity index (χ2n) is 6.11. The van der Waals surface area contributed by atoms with Gasteiger partial charge in [-0.25, -0.2) is 4.98 Å². The number of para-hydroxylation sites is 1. The Labute approximate surface area is 175 Å². The van der Waals surface area contributed by atoms with Crippen LogP contribution in [-0.2, 0) is 0 Å². The van der Waals surface area contributed by atoms with Crippen LogP contribution in [0.3, 0.4) is 0 Å². The van der Waals surface area contributed by atoms with Crippen molar-refractivity contribution in [3.63, 3.8) is 0 Å². The molecule has 0 bridgehead atoms. The molecule has 0 aliphatic heterocycles. The lowest BCUT2D eigenvalue weighted by Gasteiger charge is -2.11. The number of rotatable bonds is 4. The van der Waals surface area contributed by atoms with Crippen LogP contribution >= 0.6 is 23.2 Å². The number of ether oxygens (including phenoxy) is 1. The van der Waals surface area contributed by atoms with E-state index in [1.165, 1.54) is 18.5 Å². The van der Waals surface area contributed by atoms with Crippen LogP contribution in [0.15, 0.2) is 54.9 Å². The number of nitrogens with one attached hydrogen (secondary N) is 1. The van der Waals surface area contributed by atoms with E-state index in [1.54, 1.807) is 18.2 Å². The molecule has 0 amide bonds. The van der Waals surface area contributed by atoms with Gasteiger partial charge in [-0.05, 0) is 24.3 Å². The first-order valence-electron chi connectivity index (χ1n) is 8.42. The number of H-pyrrole nitrogens is 1. The molecule has 142 valence electrons. The molecule has 0 spiro atoms. The number of benzene rings is 2. The molecule has 29 heavy (non-hydrogen) atoms. The van der Waals surface area contributed by atoms with Crippen LogP contribution in [0.4, 0.5) is 5.69 Å². The summed E-state index contributed by atoms with van der Waals surface area (Å²) in [6.45, 7) is 0. The lowest BCUT2D eigenvalue weighted by atomic mass is 10.0. The van der Waals surface area contributed by atoms with Crippen molar-refractivity contribution in [3.8, 4) is 17.6 Å². The highest BCUT2D eigenvalue weighted by atomic mass is 35.5. The van der Waals surface area contributed by atoms with Gasteiger partial charge in [-0.3, -0.25) is 4.79 Å². The second kappa shape index (κ2) is 7.47. The van der Waals surface area contributed by atoms with Crippen LogP contribution in [0.25, 0.3) is 11.0 Å². The van der Waals surface area contributed by atoms with Gasteiger partial charge in [0.1, 0.15) is 28.2 Å². The van der Waals surface area contributed by atoms with Gasteiger partial charge in [-0.15, -0.1) is 0 Å². The number of fused-ring (bicyclic) bond motifs is 1. The Bertz CT molecular complexity index is 1290. The van der Waals surface area contributed by atoms with Gasteiger partial charge in [0.25, 0.3) is 0 Å². The minimum absolute atomic E-state index is 0.0578. The molecule has 4 aromatic rings. The maximum Gasteiger partial charge on any atom is 0.196 e. The molecule has 8 heteroatoms. The lowest BCUT2D eigenvalue weighted by molar-refractivity contribution is 0.104. The number of pyridine rings is 1. The van der Waals surface area contributed by atoms with E-state index < -0.39 is 5.78 Å². The number of halogens is 2. The Morgan fingerprint density at radius 2 is 1.86 bits per heavy atom. The van der Waals surface area contributed by atoms with Crippen molar-refractivity contribution in [2.45, 2.75) is 0 Å². The predicted molar refractivity (Wildman–Crippen MR) is 112 cm³/mol. The molecular weight excluding hydrogens is 411 g/mol. The molecule has 2 aromatic carbocycles. The van der Waals surface area contributed by atoms with Crippen LogP contribution in [0.2, 0.25) is 10.0 Å². The summed E-state index contributed by atoms with van der Waals surface area (Å²) >= 11 is 12.7. The number of nitrogens with two attached hydrogens (primary N) is 1. The molecule has 2 heterocycles. The second-order valence-corrected chi connectivity index (χ2v) is 6.86. The molecule has 0 saturated heterocycles. The first-order valence-corrected chi connectivity index (χ1v) is 9.18. The molecule has 6 nitrogen and oxygen atoms in total. The summed E-state index contributed by atoms with van der Waals surface area (Å²) in [4.78, 5) is 20.2. The minimum atomic E-state index is -0.405. The van der Waals surface area contributed by atoms with Crippen LogP contribution in [-0.4, -0.2) is 15.8 Å². The van der Waals surface area contributed by atoms with E-state index in [9.17, 15) is 10.1 Å². The standard InChI is InChI=1S/C21H12Cl2N4O2/c22-17-13(6-7-15(18(17)23)29-12-4-2-1-3-5-12)20(28)14-10-27-21-16(14)19(25)11(8-24)9-26-21/h1-7,9-10H,(H3,25,26,27). The van der Waals surface area contributed by atoms with Crippen LogP contribution in [0.5, 0.6) is 11.5 Å². The zero-order valence-electron chi connectivity index (χ0n) is 14.7. The zero-order valence-corrected chi connectivity index (χ0v) is 16.3. The fourth-order valence-corrected chi connectivity index (χ4v) is 3.38. The topological polar surface area (TPSA) is 105 Å². The fourth-order valence-electron chi connectivity index (χ4n) is 2.93. The number of nitrogens with zero attached hydrogens (tertiary/aromatic N) is 2. The third-order valence-corrected chi connectivity index (χ3v) is 5.23. The highest BCUT2D eigenvalue weighted by Gasteiger charge is 2.23. The highest BCUT2D eigenvalue weighted by Crippen LogP contribution is 2.38. The summed E-state index contributed by atoms with van der Waals surface area (Å²) in [7, 11) is 0. The van der Waals surface area contributed by atoms with E-state index in [0.717, 1.165) is 0 Å². The number of carbonyl (C=O) groups excluding carboxylic acids is 1. The van der Waals surface area contributed by atoms with Gasteiger partial charge in [0.2, 0.25) is 0 Å². The molecule has 0 radical (unpaired) electrons. The van der Waals surface area contributed by atoms with E-state index in [4.69, 9.17) is 33.7 Å². The van der Waals surface area contributed by atoms with E-state index in [-0.39, 0.29) is 32.4 Å². The molecule has 0 aliphatic carbocycles. The van der Waals surface area contributed by atoms with Crippen molar-refractivity contribution < 1.29 is 9.53 Å². The number of hydrogen-bond donors (Lipinski definition) is 2. The van der Waals surface area contributed by atoms with Crippen molar-refractivity contribution in [2.75, 3.05) is 5.73 Å². The van der Waals surface area contributed by atoms with Crippen LogP contribution in [0.1, 0.15) is 21.5 Å². The smallest absolute Gasteiger partial charge is 0.196 e. The highest BCUT2D eigenvalue weighted by molar-refractivity contribution is 6.45. The number of hydrogen-bond acceptors (Lipinski definition) is 5. The molecule has 0 saturated carbocycles. The Balaban J connectivity index is 1.76. The molecule has 2 aromatic heterocycles. The lowest BCUT2D eigenvalue weighted by Crippen LogP contribution is -2.04. The van der Waals surface area contributed by atoms with Crippen molar-refractivity contribution in [1.29, 1.82) is 5.26 Å². The quantitative estimate of drug-likeness (QED) is 0.431. The van der Waals surface area contributed by atoms with Gasteiger partial charge in [0.05, 0.1) is 27.2 Å². The number of aromatic nitrogens is 2. The average molecular weight is 423 g/mol. The van der Waals surface area contributed by atoms with Crippen molar-refractivity contribution >= 4 is 45.7 Å². The number of carbonyl (C=O) groups is 1. The van der Waals surface area contributed by atoms with Crippen LogP contribution < -0.4 is 10.5 Å². The zero-order chi connectivity index (χ0) is 20.5. The largest absolute Gasteiger partial charge is 0.456 e. The minimum Gasteiger partial charge on any atom is -0.456 e. The Kier molecular flexibility index (Phi) is 4.85. The normalized spacial score (nSPS) is 10.7. The van der Waals surface area contributed by atoms with Gasteiger partial charge < -0.3 is 15.5 Å². The summed E-state index contributed by atoms with van der Waals surface area (Å²) in [6, 6.07) is 14.1. The molecular formula is C21H12Cl2N4O2. The Morgan fingerprint density at radius 1 is 1.10 bits per heavy atom. The molecule has 0 atom stereocenters. The average Bonchev–Trinajstić information content (AvgIpc) is 3.17. The first kappa shape index (κ1) is 18.8. The summed E-state index contributed by atoms with van der Waals surface area (Å²) in [5, 5.41) is 9.72. The summed E-state index contributed by atoms with van der Waals surface area (Å²) in [6.07, 6.45) is 2.83. The fraction of sp³-hybridized carbons (Fsp3) is 0. The van der Waals surface area contributed by atoms with Gasteiger partial charge in [-0.2, -0.15) is 5.26 Å². The van der Waals surface area contributed by atoms with Crippen molar-refractivity contribution in [1.82, 2.24) is 9.97 Å². The van der Waals surface area contributed by atoms with Gasteiger partial charge in [0.15, 0.2) is 5.78 Å². The first-order chi connectivity index (χ1) is 14.0. The maximum atomic E-state index is 13.1. The van der Waals surface area contributed by atoms with Crippen molar-refractivity contribution in [3.05, 3.63) is 81.6 Å². The SMILES string of the molecule is N#Cc1cnc2[nH]cc(C(=O)c3ccc(Oc4ccccc4)c(Cl)c3Cl)c2c1N. The maximum absolute atomic E-state index is 13.1. The Morgan fingerprint density at radius 3 is 2.59 bits per heavy atom. The van der Waals surface area contributed by atoms with E-state index in [1.807, 2.05) is 24.3 Å².